The molecule has 1 atom stereocenters. The third kappa shape index (κ3) is 2.87. The molecule has 0 aliphatic carbocycles. The number of aryl methyl sites for hydroxylation is 1. The van der Waals surface area contributed by atoms with Crippen LogP contribution < -0.4 is 5.32 Å². The van der Waals surface area contributed by atoms with Crippen molar-refractivity contribution in [2.45, 2.75) is 19.2 Å². The van der Waals surface area contributed by atoms with Crippen LogP contribution in [0.15, 0.2) is 5.38 Å². The van der Waals surface area contributed by atoms with Gasteiger partial charge in [-0.3, -0.25) is 4.79 Å². The summed E-state index contributed by atoms with van der Waals surface area (Å²) in [6.07, 6.45) is 0. The normalized spacial score (nSPS) is 12.6. The SMILES string of the molecule is Cc1csc(C(=O)NCC(C)Cl)c1Cl. The number of hydrogen-bond acceptors (Lipinski definition) is 2. The molecule has 0 aliphatic rings. The Hall–Kier alpha value is -0.250. The van der Waals surface area contributed by atoms with Crippen molar-refractivity contribution >= 4 is 40.4 Å². The molecule has 78 valence electrons. The molecule has 1 unspecified atom stereocenters. The standard InChI is InChI=1S/C9H11Cl2NOS/c1-5-4-14-8(7(5)11)9(13)12-3-6(2)10/h4,6H,3H2,1-2H3,(H,12,13). The summed E-state index contributed by atoms with van der Waals surface area (Å²) in [4.78, 5) is 12.1. The third-order valence-electron chi connectivity index (χ3n) is 1.65. The van der Waals surface area contributed by atoms with Gasteiger partial charge in [0, 0.05) is 11.9 Å². The summed E-state index contributed by atoms with van der Waals surface area (Å²) in [5.74, 6) is -0.152. The molecule has 1 aromatic heterocycles. The Morgan fingerprint density at radius 3 is 2.79 bits per heavy atom. The minimum Gasteiger partial charge on any atom is -0.350 e. The molecule has 0 saturated carbocycles. The van der Waals surface area contributed by atoms with Crippen LogP contribution in [0.4, 0.5) is 0 Å². The van der Waals surface area contributed by atoms with Gasteiger partial charge in [-0.15, -0.1) is 22.9 Å². The average Bonchev–Trinajstić information content (AvgIpc) is 2.44. The van der Waals surface area contributed by atoms with Crippen molar-refractivity contribution in [1.29, 1.82) is 0 Å². The predicted molar refractivity (Wildman–Crippen MR) is 61.7 cm³/mol. The fourth-order valence-corrected chi connectivity index (χ4v) is 2.17. The minimum atomic E-state index is -0.152. The van der Waals surface area contributed by atoms with Crippen molar-refractivity contribution in [2.75, 3.05) is 6.54 Å². The maximum Gasteiger partial charge on any atom is 0.262 e. The zero-order chi connectivity index (χ0) is 10.7. The van der Waals surface area contributed by atoms with Gasteiger partial charge in [-0.2, -0.15) is 0 Å². The third-order valence-corrected chi connectivity index (χ3v) is 3.50. The maximum absolute atomic E-state index is 11.5. The molecule has 2 nitrogen and oxygen atoms in total. The van der Waals surface area contributed by atoms with E-state index in [-0.39, 0.29) is 11.3 Å². The van der Waals surface area contributed by atoms with Gasteiger partial charge in [-0.25, -0.2) is 0 Å². The van der Waals surface area contributed by atoms with E-state index in [9.17, 15) is 4.79 Å². The molecule has 1 amide bonds. The molecular formula is C9H11Cl2NOS. The second-order valence-corrected chi connectivity index (χ2v) is 5.06. The number of hydrogen-bond donors (Lipinski definition) is 1. The largest absolute Gasteiger partial charge is 0.350 e. The maximum atomic E-state index is 11.5. The second-order valence-electron chi connectivity index (χ2n) is 3.05. The van der Waals surface area contributed by atoms with Crippen molar-refractivity contribution in [3.8, 4) is 0 Å². The van der Waals surface area contributed by atoms with Gasteiger partial charge >= 0.3 is 0 Å². The summed E-state index contributed by atoms with van der Waals surface area (Å²) in [5, 5.41) is 5.04. The van der Waals surface area contributed by atoms with Gasteiger partial charge in [-0.05, 0) is 24.8 Å². The van der Waals surface area contributed by atoms with E-state index in [0.717, 1.165) is 5.56 Å². The van der Waals surface area contributed by atoms with Crippen molar-refractivity contribution in [2.24, 2.45) is 0 Å². The monoisotopic (exact) mass is 251 g/mol. The molecule has 0 aromatic carbocycles. The molecule has 5 heteroatoms. The van der Waals surface area contributed by atoms with Gasteiger partial charge in [0.05, 0.1) is 5.02 Å². The highest BCUT2D eigenvalue weighted by Crippen LogP contribution is 2.26. The highest BCUT2D eigenvalue weighted by molar-refractivity contribution is 7.13. The van der Waals surface area contributed by atoms with Crippen molar-refractivity contribution < 1.29 is 4.79 Å². The predicted octanol–water partition coefficient (Wildman–Crippen LogP) is 3.07. The van der Waals surface area contributed by atoms with Crippen LogP contribution in [0.1, 0.15) is 22.2 Å². The van der Waals surface area contributed by atoms with Crippen LogP contribution in [0.2, 0.25) is 5.02 Å². The van der Waals surface area contributed by atoms with E-state index >= 15 is 0 Å². The number of thiophene rings is 1. The molecule has 1 heterocycles. The lowest BCUT2D eigenvalue weighted by Crippen LogP contribution is -2.28. The molecule has 0 bridgehead atoms. The summed E-state index contributed by atoms with van der Waals surface area (Å²) in [5.41, 5.74) is 0.931. The molecular weight excluding hydrogens is 241 g/mol. The van der Waals surface area contributed by atoms with Crippen molar-refractivity contribution in [3.05, 3.63) is 20.8 Å². The van der Waals surface area contributed by atoms with E-state index in [2.05, 4.69) is 5.32 Å². The van der Waals surface area contributed by atoms with E-state index < -0.39 is 0 Å². The zero-order valence-electron chi connectivity index (χ0n) is 7.93. The Morgan fingerprint density at radius 2 is 2.36 bits per heavy atom. The highest BCUT2D eigenvalue weighted by Gasteiger charge is 2.14. The van der Waals surface area contributed by atoms with E-state index in [0.29, 0.717) is 16.4 Å². The molecule has 0 radical (unpaired) electrons. The summed E-state index contributed by atoms with van der Waals surface area (Å²) in [6.45, 7) is 4.15. The Kier molecular flexibility index (Phi) is 4.23. The first-order valence-corrected chi connectivity index (χ1v) is 5.87. The minimum absolute atomic E-state index is 0.0706. The number of alkyl halides is 1. The number of halogens is 2. The topological polar surface area (TPSA) is 29.1 Å². The Labute approximate surface area is 97.2 Å². The number of carbonyl (C=O) groups excluding carboxylic acids is 1. The molecule has 0 aliphatic heterocycles. The van der Waals surface area contributed by atoms with Crippen LogP contribution >= 0.6 is 34.5 Å². The highest BCUT2D eigenvalue weighted by atomic mass is 35.5. The first kappa shape index (κ1) is 11.8. The molecule has 1 rings (SSSR count). The number of nitrogens with one attached hydrogen (secondary N) is 1. The molecule has 0 fully saturated rings. The fourth-order valence-electron chi connectivity index (χ4n) is 0.897. The summed E-state index contributed by atoms with van der Waals surface area (Å²) >= 11 is 13.0. The average molecular weight is 252 g/mol. The van der Waals surface area contributed by atoms with Gasteiger partial charge in [0.15, 0.2) is 0 Å². The van der Waals surface area contributed by atoms with Gasteiger partial charge in [0.2, 0.25) is 0 Å². The zero-order valence-corrected chi connectivity index (χ0v) is 10.3. The second kappa shape index (κ2) is 5.01. The molecule has 14 heavy (non-hydrogen) atoms. The lowest BCUT2D eigenvalue weighted by molar-refractivity contribution is 0.0958. The van der Waals surface area contributed by atoms with Crippen LogP contribution in [0, 0.1) is 6.92 Å². The summed E-state index contributed by atoms with van der Waals surface area (Å²) in [6, 6.07) is 0. The van der Waals surface area contributed by atoms with Crippen LogP contribution in [-0.2, 0) is 0 Å². The smallest absolute Gasteiger partial charge is 0.262 e. The van der Waals surface area contributed by atoms with Gasteiger partial charge in [0.1, 0.15) is 4.88 Å². The van der Waals surface area contributed by atoms with Gasteiger partial charge in [-0.1, -0.05) is 11.6 Å². The first-order chi connectivity index (χ1) is 6.52. The van der Waals surface area contributed by atoms with Crippen LogP contribution in [0.5, 0.6) is 0 Å². The van der Waals surface area contributed by atoms with Gasteiger partial charge < -0.3 is 5.32 Å². The Balaban J connectivity index is 2.66. The van der Waals surface area contributed by atoms with E-state index in [1.54, 1.807) is 0 Å². The fraction of sp³-hybridized carbons (Fsp3) is 0.444. The Morgan fingerprint density at radius 1 is 1.71 bits per heavy atom. The van der Waals surface area contributed by atoms with Crippen molar-refractivity contribution in [3.63, 3.8) is 0 Å². The van der Waals surface area contributed by atoms with Gasteiger partial charge in [0.25, 0.3) is 5.91 Å². The molecule has 1 N–H and O–H groups in total. The van der Waals surface area contributed by atoms with Crippen molar-refractivity contribution in [1.82, 2.24) is 5.32 Å². The van der Waals surface area contributed by atoms with Crippen LogP contribution in [-0.4, -0.2) is 17.8 Å². The first-order valence-electron chi connectivity index (χ1n) is 4.18. The van der Waals surface area contributed by atoms with E-state index in [1.807, 2.05) is 19.2 Å². The van der Waals surface area contributed by atoms with E-state index in [1.165, 1.54) is 11.3 Å². The number of rotatable bonds is 3. The quantitative estimate of drug-likeness (QED) is 0.823. The van der Waals surface area contributed by atoms with E-state index in [4.69, 9.17) is 23.2 Å². The lowest BCUT2D eigenvalue weighted by Gasteiger charge is -2.04. The summed E-state index contributed by atoms with van der Waals surface area (Å²) in [7, 11) is 0. The molecule has 0 spiro atoms. The Bertz CT molecular complexity index is 336. The van der Waals surface area contributed by atoms with Crippen LogP contribution in [0.3, 0.4) is 0 Å². The number of carbonyl (C=O) groups is 1. The molecule has 1 aromatic rings. The molecule has 0 saturated heterocycles. The lowest BCUT2D eigenvalue weighted by atomic mass is 10.3. The van der Waals surface area contributed by atoms with Crippen LogP contribution in [0.25, 0.3) is 0 Å². The summed E-state index contributed by atoms with van der Waals surface area (Å²) < 4.78 is 0. The number of amides is 1.